The lowest BCUT2D eigenvalue weighted by atomic mass is 10.3. The quantitative estimate of drug-likeness (QED) is 0.606. The second-order valence-corrected chi connectivity index (χ2v) is 1.84. The summed E-state index contributed by atoms with van der Waals surface area (Å²) in [5.74, 6) is 0. The van der Waals surface area contributed by atoms with E-state index < -0.39 is 6.16 Å². The number of methoxy groups -OCH3 is 1. The van der Waals surface area contributed by atoms with E-state index in [1.165, 1.54) is 7.11 Å². The van der Waals surface area contributed by atoms with Crippen molar-refractivity contribution >= 4 is 6.16 Å². The molecule has 0 aromatic carbocycles. The maximum atomic E-state index is 9.86. The van der Waals surface area contributed by atoms with Gasteiger partial charge in [0.25, 0.3) is 0 Å². The van der Waals surface area contributed by atoms with Crippen LogP contribution in [0, 0.1) is 0 Å². The summed E-state index contributed by atoms with van der Waals surface area (Å²) in [6, 6.07) is 0. The third kappa shape index (κ3) is 4.14. The Balaban J connectivity index is 3.34. The van der Waals surface area contributed by atoms with Crippen molar-refractivity contribution in [3.63, 3.8) is 0 Å². The van der Waals surface area contributed by atoms with Crippen molar-refractivity contribution in [1.29, 1.82) is 0 Å². The molecule has 1 atom stereocenters. The third-order valence-electron chi connectivity index (χ3n) is 1.18. The van der Waals surface area contributed by atoms with Crippen molar-refractivity contribution in [2.24, 2.45) is 0 Å². The number of rotatable bonds is 4. The van der Waals surface area contributed by atoms with E-state index >= 15 is 0 Å². The summed E-state index contributed by atoms with van der Waals surface area (Å²) in [5, 5.41) is 8.08. The van der Waals surface area contributed by atoms with Crippen molar-refractivity contribution in [3.8, 4) is 0 Å². The molecule has 0 aliphatic heterocycles. The summed E-state index contributed by atoms with van der Waals surface area (Å²) in [5.41, 5.74) is 0. The van der Waals surface area contributed by atoms with Crippen LogP contribution in [0.5, 0.6) is 0 Å². The molecule has 0 aromatic heterocycles. The molecule has 4 nitrogen and oxygen atoms in total. The fourth-order valence-electron chi connectivity index (χ4n) is 0.517. The molecular weight excluding hydrogens is 136 g/mol. The Labute approximate surface area is 59.7 Å². The molecule has 0 amide bonds. The van der Waals surface area contributed by atoms with Crippen molar-refractivity contribution in [1.82, 2.24) is 0 Å². The van der Waals surface area contributed by atoms with Gasteiger partial charge in [-0.25, -0.2) is 4.79 Å². The smallest absolute Gasteiger partial charge is 0.450 e. The SMILES string of the molecule is CCC(COC(=O)O)OC. The predicted molar refractivity (Wildman–Crippen MR) is 35.1 cm³/mol. The highest BCUT2D eigenvalue weighted by atomic mass is 16.7. The number of carboxylic acid groups (broad SMARTS) is 1. The van der Waals surface area contributed by atoms with Crippen LogP contribution in [0.3, 0.4) is 0 Å². The number of ether oxygens (including phenoxy) is 2. The Bertz CT molecular complexity index is 97.9. The monoisotopic (exact) mass is 148 g/mol. The van der Waals surface area contributed by atoms with Gasteiger partial charge in [0.15, 0.2) is 0 Å². The number of hydrogen-bond donors (Lipinski definition) is 1. The molecule has 0 saturated carbocycles. The fourth-order valence-corrected chi connectivity index (χ4v) is 0.517. The van der Waals surface area contributed by atoms with Gasteiger partial charge in [-0.15, -0.1) is 0 Å². The van der Waals surface area contributed by atoms with Crippen LogP contribution < -0.4 is 0 Å². The zero-order valence-electron chi connectivity index (χ0n) is 6.16. The van der Waals surface area contributed by atoms with Crippen LogP contribution in [0.25, 0.3) is 0 Å². The molecule has 0 heterocycles. The van der Waals surface area contributed by atoms with E-state index in [0.717, 1.165) is 6.42 Å². The van der Waals surface area contributed by atoms with E-state index in [1.54, 1.807) is 0 Å². The van der Waals surface area contributed by atoms with Crippen LogP contribution in [-0.2, 0) is 9.47 Å². The lowest BCUT2D eigenvalue weighted by Gasteiger charge is -2.10. The zero-order chi connectivity index (χ0) is 7.98. The van der Waals surface area contributed by atoms with Gasteiger partial charge in [0.05, 0.1) is 6.10 Å². The Kier molecular flexibility index (Phi) is 4.66. The molecule has 1 N–H and O–H groups in total. The first kappa shape index (κ1) is 9.23. The lowest BCUT2D eigenvalue weighted by molar-refractivity contribution is 0.0151. The van der Waals surface area contributed by atoms with Crippen LogP contribution in [0.1, 0.15) is 13.3 Å². The van der Waals surface area contributed by atoms with Crippen LogP contribution in [0.2, 0.25) is 0 Å². The highest BCUT2D eigenvalue weighted by molar-refractivity contribution is 5.56. The van der Waals surface area contributed by atoms with E-state index in [2.05, 4.69) is 4.74 Å². The van der Waals surface area contributed by atoms with Crippen LogP contribution in [-0.4, -0.2) is 31.1 Å². The molecule has 1 unspecified atom stereocenters. The van der Waals surface area contributed by atoms with Crippen LogP contribution >= 0.6 is 0 Å². The molecule has 60 valence electrons. The molecule has 0 bridgehead atoms. The van der Waals surface area contributed by atoms with Gasteiger partial charge in [-0.1, -0.05) is 6.92 Å². The summed E-state index contributed by atoms with van der Waals surface area (Å²) >= 11 is 0. The molecule has 0 aliphatic rings. The Morgan fingerprint density at radius 2 is 2.30 bits per heavy atom. The second kappa shape index (κ2) is 5.05. The first-order chi connectivity index (χ1) is 4.70. The molecule has 0 rings (SSSR count). The van der Waals surface area contributed by atoms with E-state index in [-0.39, 0.29) is 12.7 Å². The second-order valence-electron chi connectivity index (χ2n) is 1.84. The van der Waals surface area contributed by atoms with Gasteiger partial charge in [0.2, 0.25) is 0 Å². The Morgan fingerprint density at radius 3 is 2.60 bits per heavy atom. The van der Waals surface area contributed by atoms with Gasteiger partial charge in [0, 0.05) is 7.11 Å². The van der Waals surface area contributed by atoms with Crippen molar-refractivity contribution in [3.05, 3.63) is 0 Å². The zero-order valence-corrected chi connectivity index (χ0v) is 6.16. The molecule has 0 saturated heterocycles. The number of hydrogen-bond acceptors (Lipinski definition) is 3. The first-order valence-electron chi connectivity index (χ1n) is 3.09. The van der Waals surface area contributed by atoms with Crippen LogP contribution in [0.15, 0.2) is 0 Å². The molecule has 0 fully saturated rings. The van der Waals surface area contributed by atoms with Gasteiger partial charge >= 0.3 is 6.16 Å². The first-order valence-corrected chi connectivity index (χ1v) is 3.09. The summed E-state index contributed by atoms with van der Waals surface area (Å²) in [6.07, 6.45) is -0.615. The average molecular weight is 148 g/mol. The van der Waals surface area contributed by atoms with Crippen molar-refractivity contribution in [2.45, 2.75) is 19.4 Å². The number of carbonyl (C=O) groups is 1. The van der Waals surface area contributed by atoms with Gasteiger partial charge in [0.1, 0.15) is 6.61 Å². The Morgan fingerprint density at radius 1 is 1.70 bits per heavy atom. The summed E-state index contributed by atoms with van der Waals surface area (Å²) in [6.45, 7) is 2.02. The summed E-state index contributed by atoms with van der Waals surface area (Å²) in [7, 11) is 1.53. The summed E-state index contributed by atoms with van der Waals surface area (Å²) < 4.78 is 9.14. The van der Waals surface area contributed by atoms with Crippen molar-refractivity contribution in [2.75, 3.05) is 13.7 Å². The molecule has 0 radical (unpaired) electrons. The van der Waals surface area contributed by atoms with Gasteiger partial charge in [-0.2, -0.15) is 0 Å². The van der Waals surface area contributed by atoms with Gasteiger partial charge in [-0.3, -0.25) is 0 Å². The molecular formula is C6H12O4. The van der Waals surface area contributed by atoms with E-state index in [1.807, 2.05) is 6.92 Å². The standard InChI is InChI=1S/C6H12O4/c1-3-5(9-2)4-10-6(7)8/h5H,3-4H2,1-2H3,(H,7,8). The molecule has 4 heteroatoms. The van der Waals surface area contributed by atoms with E-state index in [9.17, 15) is 4.79 Å². The van der Waals surface area contributed by atoms with E-state index in [4.69, 9.17) is 9.84 Å². The summed E-state index contributed by atoms with van der Waals surface area (Å²) in [4.78, 5) is 9.86. The normalized spacial score (nSPS) is 12.6. The third-order valence-corrected chi connectivity index (χ3v) is 1.18. The highest BCUT2D eigenvalue weighted by Gasteiger charge is 2.06. The molecule has 0 spiro atoms. The van der Waals surface area contributed by atoms with Gasteiger partial charge in [-0.05, 0) is 6.42 Å². The largest absolute Gasteiger partial charge is 0.505 e. The minimum absolute atomic E-state index is 0.113. The van der Waals surface area contributed by atoms with Crippen LogP contribution in [0.4, 0.5) is 4.79 Å². The van der Waals surface area contributed by atoms with E-state index in [0.29, 0.717) is 0 Å². The fraction of sp³-hybridized carbons (Fsp3) is 0.833. The maximum Gasteiger partial charge on any atom is 0.505 e. The highest BCUT2D eigenvalue weighted by Crippen LogP contribution is 1.96. The average Bonchev–Trinajstić information content (AvgIpc) is 1.90. The molecule has 0 aromatic rings. The predicted octanol–water partition coefficient (Wildman–Crippen LogP) is 1.11. The minimum atomic E-state index is -1.25. The molecule has 10 heavy (non-hydrogen) atoms. The van der Waals surface area contributed by atoms with Crippen molar-refractivity contribution < 1.29 is 19.4 Å². The van der Waals surface area contributed by atoms with Gasteiger partial charge < -0.3 is 14.6 Å². The topological polar surface area (TPSA) is 55.8 Å². The Hall–Kier alpha value is -0.770. The molecule has 0 aliphatic carbocycles. The minimum Gasteiger partial charge on any atom is -0.450 e. The maximum absolute atomic E-state index is 9.86. The lowest BCUT2D eigenvalue weighted by Crippen LogP contribution is -2.18.